The van der Waals surface area contributed by atoms with Crippen LogP contribution in [0.15, 0.2) is 36.5 Å². The lowest BCUT2D eigenvalue weighted by atomic mass is 10.1. The predicted molar refractivity (Wildman–Crippen MR) is 90.8 cm³/mol. The zero-order valence-electron chi connectivity index (χ0n) is 13.2. The molecule has 1 aliphatic heterocycles. The van der Waals surface area contributed by atoms with E-state index in [1.54, 1.807) is 0 Å². The average Bonchev–Trinajstić information content (AvgIpc) is 3.46. The predicted octanol–water partition coefficient (Wildman–Crippen LogP) is 2.80. The first-order chi connectivity index (χ1) is 11.4. The van der Waals surface area contributed by atoms with Gasteiger partial charge in [0, 0.05) is 37.4 Å². The first kappa shape index (κ1) is 14.5. The van der Waals surface area contributed by atoms with Gasteiger partial charge in [0.15, 0.2) is 0 Å². The summed E-state index contributed by atoms with van der Waals surface area (Å²) < 4.78 is 5.46. The summed E-state index contributed by atoms with van der Waals surface area (Å²) >= 11 is 0. The molecule has 2 fully saturated rings. The maximum atomic E-state index is 5.46. The number of ether oxygens (including phenoxy) is 1. The second-order valence-corrected chi connectivity index (χ2v) is 6.16. The summed E-state index contributed by atoms with van der Waals surface area (Å²) in [6, 6.07) is 10.5. The van der Waals surface area contributed by atoms with Crippen LogP contribution in [0.5, 0.6) is 0 Å². The smallest absolute Gasteiger partial charge is 0.133 e. The van der Waals surface area contributed by atoms with E-state index in [4.69, 9.17) is 4.74 Å². The van der Waals surface area contributed by atoms with Gasteiger partial charge in [-0.2, -0.15) is 0 Å². The Morgan fingerprint density at radius 2 is 1.96 bits per heavy atom. The number of nitrogens with one attached hydrogen (secondary N) is 1. The summed E-state index contributed by atoms with van der Waals surface area (Å²) in [5.74, 6) is 2.48. The Morgan fingerprint density at radius 1 is 1.13 bits per heavy atom. The topological polar surface area (TPSA) is 50.3 Å². The number of rotatable bonds is 5. The number of hydrogen-bond acceptors (Lipinski definition) is 5. The summed E-state index contributed by atoms with van der Waals surface area (Å²) in [4.78, 5) is 11.4. The molecule has 2 aromatic rings. The lowest BCUT2D eigenvalue weighted by molar-refractivity contribution is 0.122. The van der Waals surface area contributed by atoms with E-state index in [9.17, 15) is 0 Å². The summed E-state index contributed by atoms with van der Waals surface area (Å²) in [5.41, 5.74) is 2.58. The van der Waals surface area contributed by atoms with Crippen molar-refractivity contribution in [3.05, 3.63) is 47.9 Å². The minimum Gasteiger partial charge on any atom is -0.378 e. The van der Waals surface area contributed by atoms with Crippen LogP contribution in [0.1, 0.15) is 30.1 Å². The zero-order chi connectivity index (χ0) is 15.5. The molecule has 1 saturated carbocycles. The molecule has 0 bridgehead atoms. The number of anilines is 2. The zero-order valence-corrected chi connectivity index (χ0v) is 13.2. The van der Waals surface area contributed by atoms with E-state index in [1.165, 1.54) is 24.1 Å². The minimum atomic E-state index is 0.581. The highest BCUT2D eigenvalue weighted by atomic mass is 16.5. The number of para-hydroxylation sites is 1. The molecule has 1 aliphatic carbocycles. The fraction of sp³-hybridized carbons (Fsp3) is 0.444. The van der Waals surface area contributed by atoms with Gasteiger partial charge >= 0.3 is 0 Å². The normalized spacial score (nSPS) is 18.0. The van der Waals surface area contributed by atoms with E-state index >= 15 is 0 Å². The molecular formula is C18H22N4O. The summed E-state index contributed by atoms with van der Waals surface area (Å²) in [5, 5.41) is 3.45. The molecule has 5 heteroatoms. The van der Waals surface area contributed by atoms with Crippen LogP contribution in [0.4, 0.5) is 11.5 Å². The Bertz CT molecular complexity index is 666. The molecule has 0 amide bonds. The Morgan fingerprint density at radius 3 is 2.78 bits per heavy atom. The van der Waals surface area contributed by atoms with Gasteiger partial charge in [0.2, 0.25) is 0 Å². The third kappa shape index (κ3) is 3.45. The highest BCUT2D eigenvalue weighted by Crippen LogP contribution is 2.38. The highest BCUT2D eigenvalue weighted by molar-refractivity contribution is 5.55. The van der Waals surface area contributed by atoms with E-state index in [2.05, 4.69) is 44.5 Å². The molecule has 5 nitrogen and oxygen atoms in total. The summed E-state index contributed by atoms with van der Waals surface area (Å²) in [7, 11) is 0. The van der Waals surface area contributed by atoms with Gasteiger partial charge in [0.1, 0.15) is 11.6 Å². The molecule has 0 spiro atoms. The van der Waals surface area contributed by atoms with Crippen LogP contribution < -0.4 is 10.2 Å². The van der Waals surface area contributed by atoms with E-state index in [1.807, 2.05) is 12.3 Å². The molecule has 2 aliphatic rings. The van der Waals surface area contributed by atoms with E-state index in [0.29, 0.717) is 5.92 Å². The van der Waals surface area contributed by atoms with Crippen molar-refractivity contribution in [2.24, 2.45) is 0 Å². The molecule has 1 N–H and O–H groups in total. The number of benzene rings is 1. The molecule has 23 heavy (non-hydrogen) atoms. The van der Waals surface area contributed by atoms with Gasteiger partial charge < -0.3 is 15.0 Å². The Balaban J connectivity index is 1.47. The third-order valence-corrected chi connectivity index (χ3v) is 4.42. The standard InChI is InChI=1S/C18H22N4O/c1-2-4-16(22-9-11-23-12-10-22)15(3-1)13-20-17-7-8-19-18(21-17)14-5-6-14/h1-4,7-8,14H,5-6,9-13H2,(H,19,20,21). The molecule has 4 rings (SSSR count). The van der Waals surface area contributed by atoms with Crippen LogP contribution in [0, 0.1) is 0 Å². The fourth-order valence-electron chi connectivity index (χ4n) is 2.97. The second-order valence-electron chi connectivity index (χ2n) is 6.16. The number of morpholine rings is 1. The first-order valence-electron chi connectivity index (χ1n) is 8.37. The van der Waals surface area contributed by atoms with Crippen LogP contribution in [-0.2, 0) is 11.3 Å². The van der Waals surface area contributed by atoms with Gasteiger partial charge in [-0.25, -0.2) is 9.97 Å². The van der Waals surface area contributed by atoms with Crippen molar-refractivity contribution in [2.75, 3.05) is 36.5 Å². The van der Waals surface area contributed by atoms with Gasteiger partial charge in [-0.05, 0) is 30.5 Å². The Kier molecular flexibility index (Phi) is 4.11. The van der Waals surface area contributed by atoms with Crippen LogP contribution in [0.25, 0.3) is 0 Å². The van der Waals surface area contributed by atoms with Gasteiger partial charge in [0.05, 0.1) is 13.2 Å². The van der Waals surface area contributed by atoms with E-state index in [0.717, 1.165) is 44.5 Å². The van der Waals surface area contributed by atoms with Crippen molar-refractivity contribution in [1.29, 1.82) is 0 Å². The average molecular weight is 310 g/mol. The number of aromatic nitrogens is 2. The Hall–Kier alpha value is -2.14. The molecular weight excluding hydrogens is 288 g/mol. The van der Waals surface area contributed by atoms with Gasteiger partial charge in [-0.15, -0.1) is 0 Å². The third-order valence-electron chi connectivity index (χ3n) is 4.42. The minimum absolute atomic E-state index is 0.581. The van der Waals surface area contributed by atoms with Crippen LogP contribution in [0.2, 0.25) is 0 Å². The number of nitrogens with zero attached hydrogens (tertiary/aromatic N) is 3. The first-order valence-corrected chi connectivity index (χ1v) is 8.37. The number of hydrogen-bond donors (Lipinski definition) is 1. The molecule has 1 aromatic heterocycles. The largest absolute Gasteiger partial charge is 0.378 e. The molecule has 0 atom stereocenters. The van der Waals surface area contributed by atoms with Crippen molar-refractivity contribution in [1.82, 2.24) is 9.97 Å². The van der Waals surface area contributed by atoms with Gasteiger partial charge in [-0.3, -0.25) is 0 Å². The van der Waals surface area contributed by atoms with Crippen molar-refractivity contribution < 1.29 is 4.74 Å². The maximum Gasteiger partial charge on any atom is 0.133 e. The monoisotopic (exact) mass is 310 g/mol. The molecule has 120 valence electrons. The van der Waals surface area contributed by atoms with Crippen molar-refractivity contribution in [2.45, 2.75) is 25.3 Å². The van der Waals surface area contributed by atoms with Gasteiger partial charge in [0.25, 0.3) is 0 Å². The maximum absolute atomic E-state index is 5.46. The summed E-state index contributed by atoms with van der Waals surface area (Å²) in [6.45, 7) is 4.29. The molecule has 0 unspecified atom stereocenters. The van der Waals surface area contributed by atoms with Crippen LogP contribution in [0.3, 0.4) is 0 Å². The molecule has 0 radical (unpaired) electrons. The highest BCUT2D eigenvalue weighted by Gasteiger charge is 2.26. The van der Waals surface area contributed by atoms with Gasteiger partial charge in [-0.1, -0.05) is 18.2 Å². The lowest BCUT2D eigenvalue weighted by Crippen LogP contribution is -2.36. The van der Waals surface area contributed by atoms with Crippen LogP contribution >= 0.6 is 0 Å². The Labute approximate surface area is 136 Å². The molecule has 1 saturated heterocycles. The lowest BCUT2D eigenvalue weighted by Gasteiger charge is -2.30. The molecule has 2 heterocycles. The second kappa shape index (κ2) is 6.54. The van der Waals surface area contributed by atoms with E-state index < -0.39 is 0 Å². The SMILES string of the molecule is c1ccc(N2CCOCC2)c(CNc2ccnc(C3CC3)n2)c1. The van der Waals surface area contributed by atoms with E-state index in [-0.39, 0.29) is 0 Å². The van der Waals surface area contributed by atoms with Crippen molar-refractivity contribution in [3.8, 4) is 0 Å². The fourth-order valence-corrected chi connectivity index (χ4v) is 2.97. The quantitative estimate of drug-likeness (QED) is 0.920. The van der Waals surface area contributed by atoms with Crippen molar-refractivity contribution >= 4 is 11.5 Å². The van der Waals surface area contributed by atoms with Crippen molar-refractivity contribution in [3.63, 3.8) is 0 Å². The van der Waals surface area contributed by atoms with Crippen LogP contribution in [-0.4, -0.2) is 36.3 Å². The summed E-state index contributed by atoms with van der Waals surface area (Å²) in [6.07, 6.45) is 4.31. The molecule has 1 aromatic carbocycles.